The number of rotatable bonds is 9. The van der Waals surface area contributed by atoms with Crippen molar-refractivity contribution < 1.29 is 4.74 Å². The molecule has 2 heteroatoms. The van der Waals surface area contributed by atoms with Crippen LogP contribution in [-0.4, -0.2) is 13.2 Å². The Morgan fingerprint density at radius 2 is 1.70 bits per heavy atom. The summed E-state index contributed by atoms with van der Waals surface area (Å²) in [6.45, 7) is 11.8. The van der Waals surface area contributed by atoms with Crippen molar-refractivity contribution in [3.8, 4) is 5.75 Å². The zero-order chi connectivity index (χ0) is 14.8. The van der Waals surface area contributed by atoms with E-state index in [1.165, 1.54) is 24.8 Å². The molecule has 114 valence electrons. The predicted molar refractivity (Wildman–Crippen MR) is 87.2 cm³/mol. The second-order valence-corrected chi connectivity index (χ2v) is 6.72. The SMILES string of the molecule is CCCCCCOc1ccc(CNCC(C)(C)C)cc1. The van der Waals surface area contributed by atoms with Crippen LogP contribution in [0, 0.1) is 5.41 Å². The molecule has 0 fully saturated rings. The zero-order valence-electron chi connectivity index (χ0n) is 13.7. The van der Waals surface area contributed by atoms with Crippen LogP contribution in [0.5, 0.6) is 5.75 Å². The summed E-state index contributed by atoms with van der Waals surface area (Å²) in [6.07, 6.45) is 5.01. The molecule has 0 atom stereocenters. The molecule has 0 aliphatic heterocycles. The molecule has 0 saturated heterocycles. The fraction of sp³-hybridized carbons (Fsp3) is 0.667. The first-order chi connectivity index (χ1) is 9.51. The molecule has 0 bridgehead atoms. The third-order valence-electron chi connectivity index (χ3n) is 3.17. The first-order valence-corrected chi connectivity index (χ1v) is 7.94. The molecule has 1 rings (SSSR count). The maximum absolute atomic E-state index is 5.75. The van der Waals surface area contributed by atoms with Gasteiger partial charge in [0, 0.05) is 13.1 Å². The van der Waals surface area contributed by atoms with E-state index in [1.807, 2.05) is 0 Å². The van der Waals surface area contributed by atoms with Gasteiger partial charge in [-0.05, 0) is 29.5 Å². The summed E-state index contributed by atoms with van der Waals surface area (Å²) in [5, 5.41) is 3.49. The molecule has 0 aromatic heterocycles. The fourth-order valence-electron chi connectivity index (χ4n) is 2.00. The van der Waals surface area contributed by atoms with Gasteiger partial charge >= 0.3 is 0 Å². The van der Waals surface area contributed by atoms with Crippen LogP contribution in [0.4, 0.5) is 0 Å². The van der Waals surface area contributed by atoms with Crippen molar-refractivity contribution in [2.75, 3.05) is 13.2 Å². The van der Waals surface area contributed by atoms with Crippen LogP contribution < -0.4 is 10.1 Å². The number of ether oxygens (including phenoxy) is 1. The standard InChI is InChI=1S/C18H31NO/c1-5-6-7-8-13-20-17-11-9-16(10-12-17)14-19-15-18(2,3)4/h9-12,19H,5-8,13-15H2,1-4H3. The molecular weight excluding hydrogens is 246 g/mol. The van der Waals surface area contributed by atoms with Crippen molar-refractivity contribution in [3.05, 3.63) is 29.8 Å². The number of unbranched alkanes of at least 4 members (excludes halogenated alkanes) is 3. The number of hydrogen-bond acceptors (Lipinski definition) is 2. The Kier molecular flexibility index (Phi) is 7.68. The topological polar surface area (TPSA) is 21.3 Å². The molecule has 0 radical (unpaired) electrons. The van der Waals surface area contributed by atoms with Crippen LogP contribution in [0.3, 0.4) is 0 Å². The molecule has 0 amide bonds. The molecule has 0 aliphatic carbocycles. The second kappa shape index (κ2) is 9.02. The average Bonchev–Trinajstić information content (AvgIpc) is 2.39. The number of nitrogens with one attached hydrogen (secondary N) is 1. The zero-order valence-corrected chi connectivity index (χ0v) is 13.7. The van der Waals surface area contributed by atoms with Crippen LogP contribution in [0.2, 0.25) is 0 Å². The minimum atomic E-state index is 0.335. The fourth-order valence-corrected chi connectivity index (χ4v) is 2.00. The third-order valence-corrected chi connectivity index (χ3v) is 3.17. The smallest absolute Gasteiger partial charge is 0.119 e. The first-order valence-electron chi connectivity index (χ1n) is 7.94. The van der Waals surface area contributed by atoms with Gasteiger partial charge in [0.1, 0.15) is 5.75 Å². The molecular formula is C18H31NO. The lowest BCUT2D eigenvalue weighted by atomic mass is 9.97. The Bertz CT molecular complexity index is 351. The van der Waals surface area contributed by atoms with E-state index < -0.39 is 0 Å². The molecule has 1 aromatic rings. The summed E-state index contributed by atoms with van der Waals surface area (Å²) in [5.41, 5.74) is 1.65. The van der Waals surface area contributed by atoms with Crippen molar-refractivity contribution in [3.63, 3.8) is 0 Å². The van der Waals surface area contributed by atoms with Gasteiger partial charge < -0.3 is 10.1 Å². The molecule has 20 heavy (non-hydrogen) atoms. The maximum Gasteiger partial charge on any atom is 0.119 e. The Labute approximate surface area is 124 Å². The minimum Gasteiger partial charge on any atom is -0.494 e. The van der Waals surface area contributed by atoms with E-state index in [2.05, 4.69) is 57.3 Å². The number of hydrogen-bond donors (Lipinski definition) is 1. The maximum atomic E-state index is 5.75. The van der Waals surface area contributed by atoms with E-state index in [4.69, 9.17) is 4.74 Å². The van der Waals surface area contributed by atoms with Crippen molar-refractivity contribution in [2.45, 2.75) is 59.9 Å². The van der Waals surface area contributed by atoms with E-state index >= 15 is 0 Å². The Morgan fingerprint density at radius 1 is 1.00 bits per heavy atom. The molecule has 0 heterocycles. The van der Waals surface area contributed by atoms with Gasteiger partial charge in [-0.3, -0.25) is 0 Å². The van der Waals surface area contributed by atoms with Crippen molar-refractivity contribution in [1.29, 1.82) is 0 Å². The van der Waals surface area contributed by atoms with Gasteiger partial charge in [0.05, 0.1) is 6.61 Å². The molecule has 2 nitrogen and oxygen atoms in total. The van der Waals surface area contributed by atoms with Crippen LogP contribution >= 0.6 is 0 Å². The second-order valence-electron chi connectivity index (χ2n) is 6.72. The van der Waals surface area contributed by atoms with Gasteiger partial charge in [-0.15, -0.1) is 0 Å². The monoisotopic (exact) mass is 277 g/mol. The highest BCUT2D eigenvalue weighted by Crippen LogP contribution is 2.14. The highest BCUT2D eigenvalue weighted by Gasteiger charge is 2.08. The normalized spacial score (nSPS) is 11.6. The largest absolute Gasteiger partial charge is 0.494 e. The first kappa shape index (κ1) is 17.0. The van der Waals surface area contributed by atoms with Crippen molar-refractivity contribution >= 4 is 0 Å². The van der Waals surface area contributed by atoms with Gasteiger partial charge in [-0.2, -0.15) is 0 Å². The summed E-state index contributed by atoms with van der Waals surface area (Å²) in [5.74, 6) is 0.987. The van der Waals surface area contributed by atoms with Crippen molar-refractivity contribution in [2.24, 2.45) is 5.41 Å². The van der Waals surface area contributed by atoms with E-state index in [1.54, 1.807) is 0 Å². The molecule has 0 aliphatic rings. The molecule has 1 N–H and O–H groups in total. The van der Waals surface area contributed by atoms with Gasteiger partial charge in [0.2, 0.25) is 0 Å². The quantitative estimate of drug-likeness (QED) is 0.656. The lowest BCUT2D eigenvalue weighted by Gasteiger charge is -2.18. The van der Waals surface area contributed by atoms with Gasteiger partial charge in [0.15, 0.2) is 0 Å². The van der Waals surface area contributed by atoms with Crippen LogP contribution in [0.1, 0.15) is 58.9 Å². The van der Waals surface area contributed by atoms with E-state index in [-0.39, 0.29) is 0 Å². The lowest BCUT2D eigenvalue weighted by Crippen LogP contribution is -2.26. The van der Waals surface area contributed by atoms with Crippen molar-refractivity contribution in [1.82, 2.24) is 5.32 Å². The van der Waals surface area contributed by atoms with Crippen LogP contribution in [0.25, 0.3) is 0 Å². The Hall–Kier alpha value is -1.02. The van der Waals surface area contributed by atoms with Gasteiger partial charge in [0.25, 0.3) is 0 Å². The predicted octanol–water partition coefficient (Wildman–Crippen LogP) is 4.78. The third kappa shape index (κ3) is 8.21. The summed E-state index contributed by atoms with van der Waals surface area (Å²) in [7, 11) is 0. The van der Waals surface area contributed by atoms with Gasteiger partial charge in [-0.1, -0.05) is 59.1 Å². The summed E-state index contributed by atoms with van der Waals surface area (Å²) >= 11 is 0. The molecule has 0 spiro atoms. The van der Waals surface area contributed by atoms with Crippen LogP contribution in [-0.2, 0) is 6.54 Å². The highest BCUT2D eigenvalue weighted by atomic mass is 16.5. The summed E-state index contributed by atoms with van der Waals surface area (Å²) < 4.78 is 5.75. The highest BCUT2D eigenvalue weighted by molar-refractivity contribution is 5.27. The molecule has 1 aromatic carbocycles. The Morgan fingerprint density at radius 3 is 2.30 bits per heavy atom. The number of benzene rings is 1. The summed E-state index contributed by atoms with van der Waals surface area (Å²) in [4.78, 5) is 0. The van der Waals surface area contributed by atoms with E-state index in [0.29, 0.717) is 5.41 Å². The Balaban J connectivity index is 2.22. The average molecular weight is 277 g/mol. The lowest BCUT2D eigenvalue weighted by molar-refractivity contribution is 0.305. The molecule has 0 saturated carbocycles. The summed E-state index contributed by atoms with van der Waals surface area (Å²) in [6, 6.07) is 8.45. The van der Waals surface area contributed by atoms with Gasteiger partial charge in [-0.25, -0.2) is 0 Å². The molecule has 0 unspecified atom stereocenters. The van der Waals surface area contributed by atoms with Crippen LogP contribution in [0.15, 0.2) is 24.3 Å². The minimum absolute atomic E-state index is 0.335. The van der Waals surface area contributed by atoms with E-state index in [0.717, 1.165) is 31.9 Å². The van der Waals surface area contributed by atoms with E-state index in [9.17, 15) is 0 Å².